The zero-order valence-electron chi connectivity index (χ0n) is 11.5. The zero-order chi connectivity index (χ0) is 12.7. The summed E-state index contributed by atoms with van der Waals surface area (Å²) in [6.45, 7) is 5.17. The van der Waals surface area contributed by atoms with E-state index in [1.54, 1.807) is 0 Å². The Morgan fingerprint density at radius 2 is 2.24 bits per heavy atom. The maximum atomic E-state index is 6.07. The van der Waals surface area contributed by atoms with Crippen LogP contribution in [-0.2, 0) is 0 Å². The second-order valence-corrected chi connectivity index (χ2v) is 5.36. The highest BCUT2D eigenvalue weighted by atomic mass is 15.0. The van der Waals surface area contributed by atoms with Gasteiger partial charge in [-0.3, -0.25) is 5.32 Å². The van der Waals surface area contributed by atoms with E-state index in [-0.39, 0.29) is 11.6 Å². The second-order valence-electron chi connectivity index (χ2n) is 5.36. The van der Waals surface area contributed by atoms with Crippen LogP contribution in [0.15, 0.2) is 0 Å². The molecule has 3 N–H and O–H groups in total. The van der Waals surface area contributed by atoms with Crippen molar-refractivity contribution in [2.75, 3.05) is 6.54 Å². The van der Waals surface area contributed by atoms with Crippen molar-refractivity contribution in [1.29, 1.82) is 0 Å². The van der Waals surface area contributed by atoms with Crippen LogP contribution in [0.25, 0.3) is 0 Å². The van der Waals surface area contributed by atoms with E-state index < -0.39 is 0 Å². The van der Waals surface area contributed by atoms with Crippen LogP contribution in [0.3, 0.4) is 0 Å². The third kappa shape index (κ3) is 3.47. The van der Waals surface area contributed by atoms with Crippen molar-refractivity contribution in [2.24, 2.45) is 11.7 Å². The van der Waals surface area contributed by atoms with Gasteiger partial charge < -0.3 is 5.73 Å². The molecule has 1 rings (SSSR count). The van der Waals surface area contributed by atoms with Gasteiger partial charge in [-0.25, -0.2) is 0 Å². The van der Waals surface area contributed by atoms with Gasteiger partial charge in [-0.2, -0.15) is 0 Å². The van der Waals surface area contributed by atoms with E-state index in [1.807, 2.05) is 0 Å². The minimum absolute atomic E-state index is 0.0964. The highest BCUT2D eigenvalue weighted by molar-refractivity contribution is 5.06. The fraction of sp³-hybridized carbons (Fsp3) is 0.867. The first-order valence-corrected chi connectivity index (χ1v) is 7.16. The highest BCUT2D eigenvalue weighted by Crippen LogP contribution is 2.35. The van der Waals surface area contributed by atoms with Crippen LogP contribution in [0.5, 0.6) is 0 Å². The largest absolute Gasteiger partial charge is 0.329 e. The van der Waals surface area contributed by atoms with Crippen LogP contribution in [-0.4, -0.2) is 18.1 Å². The average Bonchev–Trinajstić information content (AvgIpc) is 2.38. The van der Waals surface area contributed by atoms with Crippen LogP contribution < -0.4 is 11.1 Å². The smallest absolute Gasteiger partial charge is 0.0691 e. The molecule has 0 bridgehead atoms. The third-order valence-electron chi connectivity index (χ3n) is 4.30. The molecule has 1 fully saturated rings. The van der Waals surface area contributed by atoms with Crippen molar-refractivity contribution in [1.82, 2.24) is 5.32 Å². The summed E-state index contributed by atoms with van der Waals surface area (Å²) in [5.74, 6) is 3.58. The van der Waals surface area contributed by atoms with Gasteiger partial charge in [0.25, 0.3) is 0 Å². The summed E-state index contributed by atoms with van der Waals surface area (Å²) < 4.78 is 0. The Kier molecular flexibility index (Phi) is 6.02. The normalized spacial score (nSPS) is 30.8. The van der Waals surface area contributed by atoms with Gasteiger partial charge in [-0.05, 0) is 25.2 Å². The number of nitrogens with one attached hydrogen (secondary N) is 1. The van der Waals surface area contributed by atoms with Crippen molar-refractivity contribution in [3.63, 3.8) is 0 Å². The predicted molar refractivity (Wildman–Crippen MR) is 74.7 cm³/mol. The van der Waals surface area contributed by atoms with E-state index in [9.17, 15) is 0 Å². The van der Waals surface area contributed by atoms with Gasteiger partial charge in [0.15, 0.2) is 0 Å². The SMILES string of the molecule is C#CC(CCC)NC1(CN)CCCCC1CC. The zero-order valence-corrected chi connectivity index (χ0v) is 11.5. The van der Waals surface area contributed by atoms with Gasteiger partial charge in [-0.15, -0.1) is 6.42 Å². The van der Waals surface area contributed by atoms with Crippen LogP contribution >= 0.6 is 0 Å². The second kappa shape index (κ2) is 7.03. The molecular weight excluding hydrogens is 208 g/mol. The molecule has 0 spiro atoms. The molecule has 0 aromatic carbocycles. The Bertz CT molecular complexity index is 256. The summed E-state index contributed by atoms with van der Waals surface area (Å²) in [5.41, 5.74) is 6.17. The summed E-state index contributed by atoms with van der Waals surface area (Å²) in [4.78, 5) is 0. The van der Waals surface area contributed by atoms with E-state index in [4.69, 9.17) is 12.2 Å². The first-order valence-electron chi connectivity index (χ1n) is 7.16. The van der Waals surface area contributed by atoms with Crippen LogP contribution in [0.2, 0.25) is 0 Å². The molecule has 0 radical (unpaired) electrons. The van der Waals surface area contributed by atoms with Crippen molar-refractivity contribution >= 4 is 0 Å². The van der Waals surface area contributed by atoms with E-state index in [2.05, 4.69) is 25.1 Å². The first kappa shape index (κ1) is 14.5. The average molecular weight is 236 g/mol. The molecule has 0 aromatic heterocycles. The van der Waals surface area contributed by atoms with E-state index >= 15 is 0 Å². The van der Waals surface area contributed by atoms with Gasteiger partial charge >= 0.3 is 0 Å². The van der Waals surface area contributed by atoms with Gasteiger partial charge in [0, 0.05) is 12.1 Å². The van der Waals surface area contributed by atoms with Gasteiger partial charge in [0.05, 0.1) is 6.04 Å². The Morgan fingerprint density at radius 1 is 1.47 bits per heavy atom. The Balaban J connectivity index is 2.74. The fourth-order valence-electron chi connectivity index (χ4n) is 3.26. The molecule has 17 heavy (non-hydrogen) atoms. The fourth-order valence-corrected chi connectivity index (χ4v) is 3.26. The van der Waals surface area contributed by atoms with Crippen molar-refractivity contribution in [3.05, 3.63) is 0 Å². The predicted octanol–water partition coefficient (Wildman–Crippen LogP) is 2.68. The summed E-state index contributed by atoms with van der Waals surface area (Å²) in [6, 6.07) is 0.190. The summed E-state index contributed by atoms with van der Waals surface area (Å²) in [5, 5.41) is 3.71. The van der Waals surface area contributed by atoms with E-state index in [1.165, 1.54) is 32.1 Å². The quantitative estimate of drug-likeness (QED) is 0.696. The molecule has 2 nitrogen and oxygen atoms in total. The lowest BCUT2D eigenvalue weighted by molar-refractivity contribution is 0.134. The molecule has 1 aliphatic carbocycles. The lowest BCUT2D eigenvalue weighted by atomic mass is 9.71. The molecule has 0 amide bonds. The van der Waals surface area contributed by atoms with Gasteiger partial charge in [0.1, 0.15) is 0 Å². The molecule has 0 saturated heterocycles. The van der Waals surface area contributed by atoms with E-state index in [0.29, 0.717) is 12.5 Å². The molecule has 1 aliphatic rings. The lowest BCUT2D eigenvalue weighted by Gasteiger charge is -2.45. The van der Waals surface area contributed by atoms with Gasteiger partial charge in [-0.1, -0.05) is 45.5 Å². The summed E-state index contributed by atoms with van der Waals surface area (Å²) >= 11 is 0. The minimum Gasteiger partial charge on any atom is -0.329 e. The topological polar surface area (TPSA) is 38.0 Å². The molecule has 3 atom stereocenters. The maximum absolute atomic E-state index is 6.07. The Hall–Kier alpha value is -0.520. The standard InChI is InChI=1S/C15H28N2/c1-4-9-14(6-3)17-15(12-16)11-8-7-10-13(15)5-2/h3,13-14,17H,4-5,7-12,16H2,1-2H3. The maximum Gasteiger partial charge on any atom is 0.0691 e. The number of hydrogen-bond acceptors (Lipinski definition) is 2. The van der Waals surface area contributed by atoms with Crippen LogP contribution in [0.1, 0.15) is 58.8 Å². The number of nitrogens with two attached hydrogens (primary N) is 1. The van der Waals surface area contributed by atoms with Crippen molar-refractivity contribution in [2.45, 2.75) is 70.4 Å². The molecule has 98 valence electrons. The number of rotatable bonds is 6. The third-order valence-corrected chi connectivity index (χ3v) is 4.30. The molecule has 3 unspecified atom stereocenters. The molecular formula is C15H28N2. The Labute approximate surface area is 107 Å². The summed E-state index contributed by atoms with van der Waals surface area (Å²) in [7, 11) is 0. The van der Waals surface area contributed by atoms with Crippen molar-refractivity contribution in [3.8, 4) is 12.3 Å². The summed E-state index contributed by atoms with van der Waals surface area (Å²) in [6.07, 6.45) is 14.1. The molecule has 2 heteroatoms. The minimum atomic E-state index is 0.0964. The molecule has 0 aromatic rings. The number of hydrogen-bond donors (Lipinski definition) is 2. The van der Waals surface area contributed by atoms with Crippen LogP contribution in [0, 0.1) is 18.3 Å². The molecule has 0 aliphatic heterocycles. The first-order chi connectivity index (χ1) is 8.22. The molecule has 0 heterocycles. The Morgan fingerprint density at radius 3 is 2.76 bits per heavy atom. The van der Waals surface area contributed by atoms with Crippen LogP contribution in [0.4, 0.5) is 0 Å². The van der Waals surface area contributed by atoms with Crippen molar-refractivity contribution < 1.29 is 0 Å². The van der Waals surface area contributed by atoms with Gasteiger partial charge in [0.2, 0.25) is 0 Å². The monoisotopic (exact) mass is 236 g/mol. The lowest BCUT2D eigenvalue weighted by Crippen LogP contribution is -2.60. The molecule has 1 saturated carbocycles. The highest BCUT2D eigenvalue weighted by Gasteiger charge is 2.39. The number of terminal acetylenes is 1. The van der Waals surface area contributed by atoms with E-state index in [0.717, 1.165) is 12.8 Å².